The van der Waals surface area contributed by atoms with Gasteiger partial charge in [0.2, 0.25) is 5.43 Å². The highest BCUT2D eigenvalue weighted by Crippen LogP contribution is 2.32. The Balaban J connectivity index is 2.02. The van der Waals surface area contributed by atoms with Crippen LogP contribution in [0.4, 0.5) is 18.9 Å². The van der Waals surface area contributed by atoms with Gasteiger partial charge in [-0.3, -0.25) is 4.79 Å². The van der Waals surface area contributed by atoms with Crippen molar-refractivity contribution >= 4 is 22.6 Å². The number of carboxylic acids is 1. The number of rotatable bonds is 3. The SMILES string of the molecule is CC1CC(C)CN(c2cc3c(cc2F)c(=O)c(C(=O)O)cn3-c2ccc(F)cc2F)C1. The topological polar surface area (TPSA) is 62.5 Å². The summed E-state index contributed by atoms with van der Waals surface area (Å²) in [7, 11) is 0. The van der Waals surface area contributed by atoms with E-state index in [1.807, 2.05) is 4.90 Å². The van der Waals surface area contributed by atoms with Crippen LogP contribution in [0.1, 0.15) is 30.6 Å². The normalized spacial score (nSPS) is 19.1. The minimum Gasteiger partial charge on any atom is -0.477 e. The van der Waals surface area contributed by atoms with Crippen LogP contribution in [0.5, 0.6) is 0 Å². The highest BCUT2D eigenvalue weighted by molar-refractivity contribution is 5.94. The quantitative estimate of drug-likeness (QED) is 0.660. The number of benzene rings is 2. The van der Waals surface area contributed by atoms with E-state index in [4.69, 9.17) is 0 Å². The van der Waals surface area contributed by atoms with Crippen LogP contribution < -0.4 is 10.3 Å². The maximum atomic E-state index is 15.1. The molecule has 1 fully saturated rings. The first-order chi connectivity index (χ1) is 14.7. The summed E-state index contributed by atoms with van der Waals surface area (Å²) in [5.41, 5.74) is -1.25. The fourth-order valence-electron chi connectivity index (χ4n) is 4.46. The molecule has 4 rings (SSSR count). The Morgan fingerprint density at radius 1 is 1.00 bits per heavy atom. The van der Waals surface area contributed by atoms with Crippen molar-refractivity contribution in [1.82, 2.24) is 4.57 Å². The standard InChI is InChI=1S/C23H21F3N2O3/c1-12-5-13(2)10-27(9-12)21-8-20-15(7-18(21)26)22(29)16(23(30)31)11-28(20)19-4-3-14(24)6-17(19)25/h3-4,6-8,11-13H,5,9-10H2,1-2H3,(H,30,31). The number of hydrogen-bond acceptors (Lipinski definition) is 3. The first-order valence-corrected chi connectivity index (χ1v) is 9.98. The van der Waals surface area contributed by atoms with Crippen molar-refractivity contribution in [2.24, 2.45) is 11.8 Å². The average molecular weight is 430 g/mol. The van der Waals surface area contributed by atoms with Crippen LogP contribution >= 0.6 is 0 Å². The molecule has 1 saturated heterocycles. The second kappa shape index (κ2) is 7.76. The summed E-state index contributed by atoms with van der Waals surface area (Å²) in [6.07, 6.45) is 2.01. The molecule has 2 heterocycles. The number of carboxylic acid groups (broad SMARTS) is 1. The number of halogens is 3. The van der Waals surface area contributed by atoms with Crippen molar-refractivity contribution in [1.29, 1.82) is 0 Å². The fraction of sp³-hybridized carbons (Fsp3) is 0.304. The maximum absolute atomic E-state index is 15.1. The zero-order valence-electron chi connectivity index (χ0n) is 17.0. The Labute approximate surface area is 176 Å². The number of aromatic nitrogens is 1. The summed E-state index contributed by atoms with van der Waals surface area (Å²) < 4.78 is 44.2. The molecule has 8 heteroatoms. The van der Waals surface area contributed by atoms with Crippen molar-refractivity contribution < 1.29 is 23.1 Å². The van der Waals surface area contributed by atoms with Crippen LogP contribution in [0.15, 0.2) is 41.3 Å². The van der Waals surface area contributed by atoms with Crippen molar-refractivity contribution in [3.8, 4) is 5.69 Å². The number of pyridine rings is 1. The number of nitrogens with zero attached hydrogens (tertiary/aromatic N) is 2. The van der Waals surface area contributed by atoms with E-state index in [9.17, 15) is 23.5 Å². The molecule has 0 bridgehead atoms. The average Bonchev–Trinajstić information content (AvgIpc) is 2.68. The van der Waals surface area contributed by atoms with Crippen LogP contribution in [-0.2, 0) is 0 Å². The molecule has 2 unspecified atom stereocenters. The Morgan fingerprint density at radius 3 is 2.26 bits per heavy atom. The second-order valence-corrected chi connectivity index (χ2v) is 8.31. The smallest absolute Gasteiger partial charge is 0.341 e. The molecule has 0 spiro atoms. The van der Waals surface area contributed by atoms with Crippen LogP contribution in [0.25, 0.3) is 16.6 Å². The lowest BCUT2D eigenvalue weighted by Crippen LogP contribution is -2.39. The summed E-state index contributed by atoms with van der Waals surface area (Å²) in [6.45, 7) is 5.39. The van der Waals surface area contributed by atoms with Gasteiger partial charge in [-0.2, -0.15) is 0 Å². The molecule has 3 aromatic rings. The van der Waals surface area contributed by atoms with Crippen molar-refractivity contribution in [3.05, 3.63) is 69.8 Å². The number of aromatic carboxylic acids is 1. The predicted molar refractivity (Wildman–Crippen MR) is 112 cm³/mol. The van der Waals surface area contributed by atoms with Crippen LogP contribution in [0, 0.1) is 29.3 Å². The van der Waals surface area contributed by atoms with E-state index in [0.29, 0.717) is 31.0 Å². The minimum atomic E-state index is -1.52. The van der Waals surface area contributed by atoms with E-state index in [2.05, 4.69) is 13.8 Å². The third-order valence-electron chi connectivity index (χ3n) is 5.68. The van der Waals surface area contributed by atoms with Gasteiger partial charge in [0.15, 0.2) is 0 Å². The van der Waals surface area contributed by atoms with Gasteiger partial charge >= 0.3 is 5.97 Å². The first-order valence-electron chi connectivity index (χ1n) is 9.98. The molecule has 1 N–H and O–H groups in total. The number of piperidine rings is 1. The van der Waals surface area contributed by atoms with Gasteiger partial charge in [-0.25, -0.2) is 18.0 Å². The molecule has 2 atom stereocenters. The fourth-order valence-corrected chi connectivity index (χ4v) is 4.46. The van der Waals surface area contributed by atoms with Gasteiger partial charge in [0, 0.05) is 30.7 Å². The monoisotopic (exact) mass is 430 g/mol. The lowest BCUT2D eigenvalue weighted by Gasteiger charge is -2.37. The first kappa shape index (κ1) is 21.0. The molecular formula is C23H21F3N2O3. The van der Waals surface area contributed by atoms with Gasteiger partial charge in [0.05, 0.1) is 16.9 Å². The molecule has 2 aromatic carbocycles. The molecule has 0 radical (unpaired) electrons. The van der Waals surface area contributed by atoms with Crippen molar-refractivity contribution in [2.75, 3.05) is 18.0 Å². The van der Waals surface area contributed by atoms with Crippen molar-refractivity contribution in [3.63, 3.8) is 0 Å². The summed E-state index contributed by atoms with van der Waals surface area (Å²) in [5.74, 6) is -3.23. The van der Waals surface area contributed by atoms with E-state index in [1.165, 1.54) is 6.07 Å². The summed E-state index contributed by atoms with van der Waals surface area (Å²) in [5, 5.41) is 9.24. The molecule has 5 nitrogen and oxygen atoms in total. The van der Waals surface area contributed by atoms with E-state index in [1.54, 1.807) is 0 Å². The molecule has 0 aliphatic carbocycles. The molecule has 1 aliphatic rings. The molecule has 162 valence electrons. The summed E-state index contributed by atoms with van der Waals surface area (Å²) in [6, 6.07) is 5.28. The summed E-state index contributed by atoms with van der Waals surface area (Å²) >= 11 is 0. The van der Waals surface area contributed by atoms with Crippen LogP contribution in [0.2, 0.25) is 0 Å². The highest BCUT2D eigenvalue weighted by atomic mass is 19.1. The van der Waals surface area contributed by atoms with E-state index in [-0.39, 0.29) is 22.3 Å². The zero-order chi connectivity index (χ0) is 22.4. The molecule has 31 heavy (non-hydrogen) atoms. The highest BCUT2D eigenvalue weighted by Gasteiger charge is 2.26. The molecule has 1 aliphatic heterocycles. The largest absolute Gasteiger partial charge is 0.477 e. The summed E-state index contributed by atoms with van der Waals surface area (Å²) in [4.78, 5) is 26.2. The van der Waals surface area contributed by atoms with Crippen LogP contribution in [-0.4, -0.2) is 28.7 Å². The van der Waals surface area contributed by atoms with Crippen molar-refractivity contribution in [2.45, 2.75) is 20.3 Å². The molecule has 0 saturated carbocycles. The Morgan fingerprint density at radius 2 is 1.65 bits per heavy atom. The molecule has 1 aromatic heterocycles. The van der Waals surface area contributed by atoms with Gasteiger partial charge in [-0.1, -0.05) is 13.8 Å². The number of fused-ring (bicyclic) bond motifs is 1. The predicted octanol–water partition coefficient (Wildman–Crippen LogP) is 4.59. The zero-order valence-corrected chi connectivity index (χ0v) is 17.0. The van der Waals surface area contributed by atoms with Gasteiger partial charge in [0.1, 0.15) is 23.0 Å². The van der Waals surface area contributed by atoms with E-state index >= 15 is 4.39 Å². The number of carbonyl (C=O) groups is 1. The van der Waals surface area contributed by atoms with Gasteiger partial charge < -0.3 is 14.6 Å². The Hall–Kier alpha value is -3.29. The van der Waals surface area contributed by atoms with E-state index < -0.39 is 34.4 Å². The van der Waals surface area contributed by atoms with Crippen LogP contribution in [0.3, 0.4) is 0 Å². The van der Waals surface area contributed by atoms with Gasteiger partial charge in [-0.05, 0) is 42.5 Å². The second-order valence-electron chi connectivity index (χ2n) is 8.31. The molecule has 0 amide bonds. The van der Waals surface area contributed by atoms with E-state index in [0.717, 1.165) is 35.4 Å². The lowest BCUT2D eigenvalue weighted by molar-refractivity contribution is 0.0695. The number of anilines is 1. The Bertz CT molecular complexity index is 1250. The Kier molecular flexibility index (Phi) is 5.24. The van der Waals surface area contributed by atoms with Gasteiger partial charge in [-0.15, -0.1) is 0 Å². The third kappa shape index (κ3) is 3.78. The third-order valence-corrected chi connectivity index (χ3v) is 5.68. The lowest BCUT2D eigenvalue weighted by atomic mass is 9.91. The maximum Gasteiger partial charge on any atom is 0.341 e. The molecular weight excluding hydrogens is 409 g/mol. The minimum absolute atomic E-state index is 0.141. The number of hydrogen-bond donors (Lipinski definition) is 1. The van der Waals surface area contributed by atoms with Gasteiger partial charge in [0.25, 0.3) is 0 Å².